The number of nitrogens with one attached hydrogen (secondary N) is 3. The molecule has 0 fully saturated rings. The Morgan fingerprint density at radius 3 is 2.43 bits per heavy atom. The van der Waals surface area contributed by atoms with Crippen molar-refractivity contribution in [2.45, 2.75) is 6.42 Å². The van der Waals surface area contributed by atoms with Crippen molar-refractivity contribution in [3.63, 3.8) is 0 Å². The lowest BCUT2D eigenvalue weighted by atomic mass is 10.1. The van der Waals surface area contributed by atoms with Gasteiger partial charge in [-0.25, -0.2) is 22.5 Å². The first-order valence-electron chi connectivity index (χ1n) is 5.85. The first-order chi connectivity index (χ1) is 9.99. The average molecular weight is 318 g/mol. The highest BCUT2D eigenvalue weighted by Crippen LogP contribution is 2.19. The molecule has 0 saturated heterocycles. The Kier molecular flexibility index (Phi) is 4.73. The summed E-state index contributed by atoms with van der Waals surface area (Å²) >= 11 is 4.92. The van der Waals surface area contributed by atoms with Crippen LogP contribution in [-0.2, 0) is 6.42 Å². The van der Waals surface area contributed by atoms with Gasteiger partial charge in [0.25, 0.3) is 0 Å². The summed E-state index contributed by atoms with van der Waals surface area (Å²) in [6, 6.07) is 0.171. The normalized spacial score (nSPS) is 10.5. The van der Waals surface area contributed by atoms with Crippen LogP contribution in [0.3, 0.4) is 0 Å². The van der Waals surface area contributed by atoms with E-state index in [1.54, 1.807) is 6.20 Å². The van der Waals surface area contributed by atoms with Gasteiger partial charge in [-0.15, -0.1) is 0 Å². The summed E-state index contributed by atoms with van der Waals surface area (Å²) in [5.41, 5.74) is -0.666. The zero-order valence-electron chi connectivity index (χ0n) is 10.5. The van der Waals surface area contributed by atoms with E-state index in [0.717, 1.165) is 0 Å². The van der Waals surface area contributed by atoms with Gasteiger partial charge in [0.2, 0.25) is 5.95 Å². The molecule has 21 heavy (non-hydrogen) atoms. The summed E-state index contributed by atoms with van der Waals surface area (Å²) in [6.07, 6.45) is 2.81. The number of aromatic amines is 1. The molecule has 1 aromatic carbocycles. The largest absolute Gasteiger partial charge is 0.362 e. The van der Waals surface area contributed by atoms with E-state index in [4.69, 9.17) is 12.2 Å². The van der Waals surface area contributed by atoms with Crippen LogP contribution in [0.5, 0.6) is 0 Å². The zero-order valence-corrected chi connectivity index (χ0v) is 11.3. The van der Waals surface area contributed by atoms with E-state index in [-0.39, 0.29) is 24.1 Å². The fraction of sp³-hybridized carbons (Fsp3) is 0.167. The van der Waals surface area contributed by atoms with Crippen LogP contribution in [0.15, 0.2) is 18.5 Å². The second-order valence-electron chi connectivity index (χ2n) is 4.02. The maximum absolute atomic E-state index is 13.4. The maximum atomic E-state index is 13.4. The summed E-state index contributed by atoms with van der Waals surface area (Å²) in [5, 5.41) is 5.48. The number of hydrogen-bond acceptors (Lipinski definition) is 2. The monoisotopic (exact) mass is 318 g/mol. The molecule has 3 N–H and O–H groups in total. The smallest absolute Gasteiger partial charge is 0.206 e. The van der Waals surface area contributed by atoms with E-state index in [1.807, 2.05) is 0 Å². The highest BCUT2D eigenvalue weighted by Gasteiger charge is 2.18. The number of aromatic nitrogens is 2. The molecular formula is C12H10F4N4S. The highest BCUT2D eigenvalue weighted by atomic mass is 32.1. The number of H-pyrrole nitrogens is 1. The SMILES string of the molecule is Fc1cc(F)c(F)c(CCNC(=S)Nc2ncc[nH]2)c1F. The fourth-order valence-electron chi connectivity index (χ4n) is 1.63. The molecule has 0 unspecified atom stereocenters. The van der Waals surface area contributed by atoms with Gasteiger partial charge in [-0.3, -0.25) is 0 Å². The van der Waals surface area contributed by atoms with Crippen molar-refractivity contribution in [3.05, 3.63) is 47.3 Å². The lowest BCUT2D eigenvalue weighted by Crippen LogP contribution is -2.31. The van der Waals surface area contributed by atoms with Crippen LogP contribution < -0.4 is 10.6 Å². The second-order valence-corrected chi connectivity index (χ2v) is 4.42. The van der Waals surface area contributed by atoms with Crippen molar-refractivity contribution < 1.29 is 17.6 Å². The Hall–Kier alpha value is -2.16. The van der Waals surface area contributed by atoms with Gasteiger partial charge in [0.05, 0.1) is 0 Å². The van der Waals surface area contributed by atoms with E-state index < -0.39 is 28.8 Å². The van der Waals surface area contributed by atoms with Gasteiger partial charge in [-0.1, -0.05) is 0 Å². The van der Waals surface area contributed by atoms with Crippen molar-refractivity contribution in [2.75, 3.05) is 11.9 Å². The average Bonchev–Trinajstić information content (AvgIpc) is 2.93. The minimum atomic E-state index is -1.43. The third-order valence-corrected chi connectivity index (χ3v) is 2.84. The summed E-state index contributed by atoms with van der Waals surface area (Å²) in [4.78, 5) is 6.60. The molecule has 0 aliphatic rings. The minimum Gasteiger partial charge on any atom is -0.362 e. The standard InChI is InChI=1S/C12H10F4N4S/c13-7-5-8(14)10(16)6(9(7)15)1-2-19-12(21)20-11-17-3-4-18-11/h3-5H,1-2H2,(H3,17,18,19,20,21). The molecule has 2 rings (SSSR count). The summed E-state index contributed by atoms with van der Waals surface area (Å²) < 4.78 is 52.8. The number of rotatable bonds is 4. The van der Waals surface area contributed by atoms with Gasteiger partial charge in [-0.2, -0.15) is 0 Å². The Balaban J connectivity index is 1.93. The third kappa shape index (κ3) is 3.69. The van der Waals surface area contributed by atoms with Gasteiger partial charge < -0.3 is 15.6 Å². The van der Waals surface area contributed by atoms with Crippen LogP contribution in [0.25, 0.3) is 0 Å². The van der Waals surface area contributed by atoms with E-state index >= 15 is 0 Å². The van der Waals surface area contributed by atoms with Gasteiger partial charge in [0, 0.05) is 30.6 Å². The van der Waals surface area contributed by atoms with Gasteiger partial charge in [0.15, 0.2) is 28.4 Å². The van der Waals surface area contributed by atoms with Gasteiger partial charge in [-0.05, 0) is 18.6 Å². The Labute approximate surface area is 122 Å². The number of hydrogen-bond donors (Lipinski definition) is 3. The molecule has 0 atom stereocenters. The van der Waals surface area contributed by atoms with Crippen LogP contribution >= 0.6 is 12.2 Å². The fourth-order valence-corrected chi connectivity index (χ4v) is 1.83. The zero-order chi connectivity index (χ0) is 15.4. The van der Waals surface area contributed by atoms with Crippen molar-refractivity contribution in [3.8, 4) is 0 Å². The Morgan fingerprint density at radius 2 is 1.86 bits per heavy atom. The predicted octanol–water partition coefficient (Wildman–Crippen LogP) is 2.50. The number of nitrogens with zero attached hydrogens (tertiary/aromatic N) is 1. The first-order valence-corrected chi connectivity index (χ1v) is 6.26. The van der Waals surface area contributed by atoms with Crippen LogP contribution in [0.2, 0.25) is 0 Å². The van der Waals surface area contributed by atoms with Gasteiger partial charge in [0.1, 0.15) is 0 Å². The van der Waals surface area contributed by atoms with Crippen molar-refractivity contribution in [1.82, 2.24) is 15.3 Å². The molecule has 2 aromatic rings. The Morgan fingerprint density at radius 1 is 1.19 bits per heavy atom. The first kappa shape index (κ1) is 15.2. The predicted molar refractivity (Wildman–Crippen MR) is 72.8 cm³/mol. The molecule has 1 heterocycles. The van der Waals surface area contributed by atoms with E-state index in [0.29, 0.717) is 5.95 Å². The molecule has 4 nitrogen and oxygen atoms in total. The Bertz CT molecular complexity index is 619. The van der Waals surface area contributed by atoms with Crippen LogP contribution in [0.1, 0.15) is 5.56 Å². The van der Waals surface area contributed by atoms with Crippen molar-refractivity contribution in [1.29, 1.82) is 0 Å². The molecule has 0 spiro atoms. The van der Waals surface area contributed by atoms with Crippen LogP contribution in [0.4, 0.5) is 23.5 Å². The third-order valence-electron chi connectivity index (χ3n) is 2.59. The van der Waals surface area contributed by atoms with Gasteiger partial charge >= 0.3 is 0 Å². The summed E-state index contributed by atoms with van der Waals surface area (Å²) in [6.45, 7) is -0.0106. The molecule has 0 amide bonds. The highest BCUT2D eigenvalue weighted by molar-refractivity contribution is 7.80. The lowest BCUT2D eigenvalue weighted by Gasteiger charge is -2.10. The molecular weight excluding hydrogens is 308 g/mol. The maximum Gasteiger partial charge on any atom is 0.206 e. The molecule has 0 bridgehead atoms. The molecule has 9 heteroatoms. The number of anilines is 1. The van der Waals surface area contributed by atoms with E-state index in [9.17, 15) is 17.6 Å². The number of benzene rings is 1. The van der Waals surface area contributed by atoms with Crippen LogP contribution in [0, 0.1) is 23.3 Å². The van der Waals surface area contributed by atoms with Crippen molar-refractivity contribution >= 4 is 23.3 Å². The summed E-state index contributed by atoms with van der Waals surface area (Å²) in [7, 11) is 0. The second kappa shape index (κ2) is 6.53. The molecule has 0 aliphatic carbocycles. The quantitative estimate of drug-likeness (QED) is 0.461. The molecule has 1 aromatic heterocycles. The van der Waals surface area contributed by atoms with Crippen LogP contribution in [-0.4, -0.2) is 21.6 Å². The molecule has 0 radical (unpaired) electrons. The minimum absolute atomic E-state index is 0.0106. The number of thiocarbonyl (C=S) groups is 1. The van der Waals surface area contributed by atoms with E-state index in [1.165, 1.54) is 6.20 Å². The lowest BCUT2D eigenvalue weighted by molar-refractivity contribution is 0.438. The topological polar surface area (TPSA) is 52.7 Å². The number of halogens is 4. The molecule has 112 valence electrons. The molecule has 0 aliphatic heterocycles. The van der Waals surface area contributed by atoms with E-state index in [2.05, 4.69) is 20.6 Å². The van der Waals surface area contributed by atoms with Crippen molar-refractivity contribution in [2.24, 2.45) is 0 Å². The molecule has 0 saturated carbocycles. The summed E-state index contributed by atoms with van der Waals surface area (Å²) in [5.74, 6) is -5.27. The number of imidazole rings is 1.